The normalized spacial score (nSPS) is 10.2. The molecule has 5 nitrogen and oxygen atoms in total. The van der Waals surface area contributed by atoms with Crippen molar-refractivity contribution in [1.82, 2.24) is 15.1 Å². The number of hydrogen-bond donors (Lipinski definition) is 2. The number of benzene rings is 1. The predicted octanol–water partition coefficient (Wildman–Crippen LogP) is 1.26. The smallest absolute Gasteiger partial charge is 0.257 e. The summed E-state index contributed by atoms with van der Waals surface area (Å²) in [6.07, 6.45) is 3.10. The lowest BCUT2D eigenvalue weighted by Crippen LogP contribution is -2.25. The van der Waals surface area contributed by atoms with Crippen LogP contribution in [0.5, 0.6) is 0 Å². The molecule has 0 aliphatic rings. The van der Waals surface area contributed by atoms with Gasteiger partial charge in [-0.1, -0.05) is 12.1 Å². The molecule has 0 spiro atoms. The van der Waals surface area contributed by atoms with Gasteiger partial charge in [-0.25, -0.2) is 0 Å². The number of nitrogen functional groups attached to an aromatic ring is 1. The molecule has 2 rings (SSSR count). The van der Waals surface area contributed by atoms with Gasteiger partial charge in [-0.05, 0) is 17.7 Å². The number of carbonyl (C=O) groups excluding carboxylic acids is 1. The number of aromatic nitrogens is 2. The van der Waals surface area contributed by atoms with Crippen molar-refractivity contribution in [3.8, 4) is 0 Å². The minimum atomic E-state index is -0.0597. The Morgan fingerprint density at radius 1 is 1.41 bits per heavy atom. The van der Waals surface area contributed by atoms with Crippen LogP contribution in [0.4, 0.5) is 5.69 Å². The minimum Gasteiger partial charge on any atom is -0.399 e. The van der Waals surface area contributed by atoms with Crippen LogP contribution < -0.4 is 5.73 Å². The summed E-state index contributed by atoms with van der Waals surface area (Å²) < 4.78 is 0. The van der Waals surface area contributed by atoms with Gasteiger partial charge in [0.15, 0.2) is 0 Å². The van der Waals surface area contributed by atoms with E-state index < -0.39 is 0 Å². The largest absolute Gasteiger partial charge is 0.399 e. The summed E-state index contributed by atoms with van der Waals surface area (Å²) in [6, 6.07) is 7.47. The Hall–Kier alpha value is -2.30. The molecular weight excluding hydrogens is 216 g/mol. The van der Waals surface area contributed by atoms with Crippen LogP contribution >= 0.6 is 0 Å². The molecule has 5 heteroatoms. The molecule has 0 saturated heterocycles. The Morgan fingerprint density at radius 3 is 2.71 bits per heavy atom. The number of hydrogen-bond acceptors (Lipinski definition) is 3. The molecule has 1 aromatic carbocycles. The molecule has 1 heterocycles. The van der Waals surface area contributed by atoms with Crippen LogP contribution in [0.25, 0.3) is 0 Å². The maximum atomic E-state index is 11.9. The highest BCUT2D eigenvalue weighted by atomic mass is 16.2. The zero-order valence-corrected chi connectivity index (χ0v) is 9.55. The van der Waals surface area contributed by atoms with Crippen LogP contribution in [-0.4, -0.2) is 28.1 Å². The number of amides is 1. The lowest BCUT2D eigenvalue weighted by Gasteiger charge is -2.16. The zero-order valence-electron chi connectivity index (χ0n) is 9.55. The Labute approximate surface area is 99.2 Å². The topological polar surface area (TPSA) is 75.0 Å². The summed E-state index contributed by atoms with van der Waals surface area (Å²) >= 11 is 0. The molecule has 0 unspecified atom stereocenters. The Balaban J connectivity index is 2.04. The molecule has 0 bridgehead atoms. The van der Waals surface area contributed by atoms with Gasteiger partial charge in [0.05, 0.1) is 11.8 Å². The maximum absolute atomic E-state index is 11.9. The lowest BCUT2D eigenvalue weighted by atomic mass is 10.2. The van der Waals surface area contributed by atoms with Crippen LogP contribution in [0.15, 0.2) is 36.7 Å². The van der Waals surface area contributed by atoms with E-state index in [0.717, 1.165) is 11.3 Å². The van der Waals surface area contributed by atoms with Crippen molar-refractivity contribution in [3.63, 3.8) is 0 Å². The lowest BCUT2D eigenvalue weighted by molar-refractivity contribution is 0.0785. The highest BCUT2D eigenvalue weighted by molar-refractivity contribution is 5.93. The van der Waals surface area contributed by atoms with Gasteiger partial charge in [-0.3, -0.25) is 9.89 Å². The minimum absolute atomic E-state index is 0.0597. The SMILES string of the molecule is CN(Cc1ccc(N)cc1)C(=O)c1cn[nH]c1. The molecule has 0 aliphatic heterocycles. The second kappa shape index (κ2) is 4.69. The van der Waals surface area contributed by atoms with E-state index in [-0.39, 0.29) is 5.91 Å². The predicted molar refractivity (Wildman–Crippen MR) is 65.2 cm³/mol. The molecule has 1 aromatic heterocycles. The van der Waals surface area contributed by atoms with Gasteiger partial charge in [-0.15, -0.1) is 0 Å². The second-order valence-corrected chi connectivity index (χ2v) is 3.89. The Kier molecular flexibility index (Phi) is 3.09. The Morgan fingerprint density at radius 2 is 2.12 bits per heavy atom. The number of aromatic amines is 1. The quantitative estimate of drug-likeness (QED) is 0.779. The van der Waals surface area contributed by atoms with Crippen molar-refractivity contribution < 1.29 is 4.79 Å². The van der Waals surface area contributed by atoms with Gasteiger partial charge in [0.1, 0.15) is 0 Å². The molecule has 0 saturated carbocycles. The summed E-state index contributed by atoms with van der Waals surface area (Å²) in [5.74, 6) is -0.0597. The van der Waals surface area contributed by atoms with Crippen molar-refractivity contribution in [1.29, 1.82) is 0 Å². The molecule has 2 aromatic rings. The molecule has 0 radical (unpaired) electrons. The summed E-state index contributed by atoms with van der Waals surface area (Å²) in [5, 5.41) is 6.38. The average Bonchev–Trinajstić information content (AvgIpc) is 2.84. The van der Waals surface area contributed by atoms with Crippen molar-refractivity contribution in [2.75, 3.05) is 12.8 Å². The van der Waals surface area contributed by atoms with Gasteiger partial charge in [0, 0.05) is 25.5 Å². The first kappa shape index (κ1) is 11.2. The van der Waals surface area contributed by atoms with Gasteiger partial charge in [0.25, 0.3) is 5.91 Å². The van der Waals surface area contributed by atoms with Crippen molar-refractivity contribution >= 4 is 11.6 Å². The molecule has 17 heavy (non-hydrogen) atoms. The third kappa shape index (κ3) is 2.63. The maximum Gasteiger partial charge on any atom is 0.257 e. The van der Waals surface area contributed by atoms with Gasteiger partial charge >= 0.3 is 0 Å². The molecule has 3 N–H and O–H groups in total. The van der Waals surface area contributed by atoms with Crippen molar-refractivity contribution in [2.45, 2.75) is 6.54 Å². The highest BCUT2D eigenvalue weighted by Gasteiger charge is 2.12. The molecule has 0 atom stereocenters. The van der Waals surface area contributed by atoms with Crippen LogP contribution in [0.1, 0.15) is 15.9 Å². The number of carbonyl (C=O) groups is 1. The summed E-state index contributed by atoms with van der Waals surface area (Å²) in [4.78, 5) is 13.6. The van der Waals surface area contributed by atoms with Gasteiger partial charge in [0.2, 0.25) is 0 Å². The van der Waals surface area contributed by atoms with E-state index in [2.05, 4.69) is 10.2 Å². The van der Waals surface area contributed by atoms with Gasteiger partial charge in [-0.2, -0.15) is 5.10 Å². The van der Waals surface area contributed by atoms with Gasteiger partial charge < -0.3 is 10.6 Å². The van der Waals surface area contributed by atoms with E-state index in [0.29, 0.717) is 12.1 Å². The number of nitrogens with two attached hydrogens (primary N) is 1. The first-order valence-corrected chi connectivity index (χ1v) is 5.25. The fraction of sp³-hybridized carbons (Fsp3) is 0.167. The average molecular weight is 230 g/mol. The van der Waals surface area contributed by atoms with E-state index in [1.54, 1.807) is 18.1 Å². The number of nitrogens with one attached hydrogen (secondary N) is 1. The second-order valence-electron chi connectivity index (χ2n) is 3.89. The fourth-order valence-corrected chi connectivity index (χ4v) is 1.56. The summed E-state index contributed by atoms with van der Waals surface area (Å²) in [7, 11) is 1.76. The zero-order chi connectivity index (χ0) is 12.3. The summed E-state index contributed by atoms with van der Waals surface area (Å²) in [6.45, 7) is 0.546. The number of nitrogens with zero attached hydrogens (tertiary/aromatic N) is 2. The molecule has 0 aliphatic carbocycles. The third-order valence-corrected chi connectivity index (χ3v) is 2.49. The van der Waals surface area contributed by atoms with E-state index in [4.69, 9.17) is 5.73 Å². The van der Waals surface area contributed by atoms with E-state index in [9.17, 15) is 4.79 Å². The fourth-order valence-electron chi connectivity index (χ4n) is 1.56. The van der Waals surface area contributed by atoms with Crippen LogP contribution in [0.2, 0.25) is 0 Å². The third-order valence-electron chi connectivity index (χ3n) is 2.49. The number of rotatable bonds is 3. The van der Waals surface area contributed by atoms with E-state index in [1.165, 1.54) is 6.20 Å². The monoisotopic (exact) mass is 230 g/mol. The van der Waals surface area contributed by atoms with Crippen molar-refractivity contribution in [3.05, 3.63) is 47.8 Å². The van der Waals surface area contributed by atoms with Crippen LogP contribution in [0, 0.1) is 0 Å². The highest BCUT2D eigenvalue weighted by Crippen LogP contribution is 2.09. The molecule has 1 amide bonds. The van der Waals surface area contributed by atoms with E-state index in [1.807, 2.05) is 24.3 Å². The van der Waals surface area contributed by atoms with Crippen molar-refractivity contribution in [2.24, 2.45) is 0 Å². The summed E-state index contributed by atoms with van der Waals surface area (Å²) in [5.41, 5.74) is 7.92. The first-order valence-electron chi connectivity index (χ1n) is 5.25. The van der Waals surface area contributed by atoms with Crippen LogP contribution in [-0.2, 0) is 6.54 Å². The first-order chi connectivity index (χ1) is 8.16. The molecule has 88 valence electrons. The standard InChI is InChI=1S/C12H14N4O/c1-16(12(17)10-6-14-15-7-10)8-9-2-4-11(13)5-3-9/h2-7H,8,13H2,1H3,(H,14,15). The van der Waals surface area contributed by atoms with E-state index >= 15 is 0 Å². The number of H-pyrrole nitrogens is 1. The Bertz CT molecular complexity index is 490. The van der Waals surface area contributed by atoms with Crippen LogP contribution in [0.3, 0.4) is 0 Å². The molecule has 0 fully saturated rings. The molecular formula is C12H14N4O. The number of anilines is 1.